The number of nitrogen functional groups attached to an aromatic ring is 1. The Labute approximate surface area is 259 Å². The fourth-order valence-electron chi connectivity index (χ4n) is 6.27. The Hall–Kier alpha value is -3.17. The van der Waals surface area contributed by atoms with E-state index in [2.05, 4.69) is 21.9 Å². The van der Waals surface area contributed by atoms with Gasteiger partial charge in [0.05, 0.1) is 12.6 Å². The van der Waals surface area contributed by atoms with E-state index in [1.165, 1.54) is 17.2 Å². The predicted molar refractivity (Wildman–Crippen MR) is 172 cm³/mol. The van der Waals surface area contributed by atoms with Crippen molar-refractivity contribution < 1.29 is 13.9 Å². The van der Waals surface area contributed by atoms with Gasteiger partial charge in [-0.1, -0.05) is 35.9 Å². The number of likely N-dealkylation sites (tertiary alicyclic amines) is 1. The minimum atomic E-state index is -0.491. The molecular weight excluding hydrogens is 565 g/mol. The smallest absolute Gasteiger partial charge is 0.239 e. The van der Waals surface area contributed by atoms with Crippen LogP contribution in [0.25, 0.3) is 11.1 Å². The van der Waals surface area contributed by atoms with Crippen LogP contribution in [0.3, 0.4) is 0 Å². The van der Waals surface area contributed by atoms with Gasteiger partial charge in [0.2, 0.25) is 5.91 Å². The fraction of sp³-hybridized carbons (Fsp3) is 0.441. The van der Waals surface area contributed by atoms with Gasteiger partial charge in [0.25, 0.3) is 0 Å². The average molecular weight is 608 g/mol. The number of nitrogens with zero attached hydrogens (tertiary/aromatic N) is 3. The Morgan fingerprint density at radius 2 is 1.72 bits per heavy atom. The topological polar surface area (TPSA) is 88.1 Å². The summed E-state index contributed by atoms with van der Waals surface area (Å²) in [5, 5.41) is 0.737. The van der Waals surface area contributed by atoms with E-state index in [4.69, 9.17) is 27.8 Å². The maximum Gasteiger partial charge on any atom is 0.239 e. The molecule has 4 N–H and O–H groups in total. The number of halogens is 2. The number of carbonyl (C=O) groups excluding carboxylic acids is 1. The molecule has 2 aliphatic heterocycles. The normalized spacial score (nSPS) is 17.6. The van der Waals surface area contributed by atoms with Crippen molar-refractivity contribution in [1.82, 2.24) is 14.7 Å². The molecule has 3 aromatic rings. The molecule has 0 radical (unpaired) electrons. The zero-order chi connectivity index (χ0) is 30.3. The first kappa shape index (κ1) is 31.3. The monoisotopic (exact) mass is 607 g/mol. The molecule has 7 nitrogen and oxygen atoms in total. The Morgan fingerprint density at radius 3 is 2.42 bits per heavy atom. The Bertz CT molecular complexity index is 1370. The Balaban J connectivity index is 1.09. The number of hydrogen-bond acceptors (Lipinski definition) is 6. The van der Waals surface area contributed by atoms with Gasteiger partial charge in [0.1, 0.15) is 11.6 Å². The molecule has 5 rings (SSSR count). The lowest BCUT2D eigenvalue weighted by Gasteiger charge is -2.39. The van der Waals surface area contributed by atoms with Gasteiger partial charge in [0.15, 0.2) is 0 Å². The first-order valence-electron chi connectivity index (χ1n) is 15.4. The minimum absolute atomic E-state index is 0.0334. The third-order valence-corrected chi connectivity index (χ3v) is 9.09. The standard InChI is InChI=1S/C34H43ClFN5O2/c1-2-43-32-5-3-4-31(36)30(32)23-40-18-20-41(21-19-40)34(42)33(38)25-12-15-39(16-13-25)17-14-26-22-27(35)8-11-29(26)24-6-9-28(37)10-7-24/h3-11,22,25,33H,2,12-21,23,37-38H2,1H3/t33-/m1/s1. The molecule has 3 aromatic carbocycles. The van der Waals surface area contributed by atoms with Crippen LogP contribution in [0.4, 0.5) is 10.1 Å². The van der Waals surface area contributed by atoms with Crippen molar-refractivity contribution in [2.75, 3.05) is 58.2 Å². The van der Waals surface area contributed by atoms with Crippen LogP contribution in [0.15, 0.2) is 60.7 Å². The number of piperidine rings is 1. The van der Waals surface area contributed by atoms with Gasteiger partial charge in [-0.05, 0) is 98.3 Å². The first-order chi connectivity index (χ1) is 20.8. The van der Waals surface area contributed by atoms with E-state index in [0.29, 0.717) is 50.6 Å². The highest BCUT2D eigenvalue weighted by Gasteiger charge is 2.33. The minimum Gasteiger partial charge on any atom is -0.493 e. The van der Waals surface area contributed by atoms with Crippen molar-refractivity contribution >= 4 is 23.2 Å². The van der Waals surface area contributed by atoms with Crippen LogP contribution in [0, 0.1) is 11.7 Å². The molecule has 230 valence electrons. The van der Waals surface area contributed by atoms with E-state index in [1.54, 1.807) is 6.07 Å². The van der Waals surface area contributed by atoms with Gasteiger partial charge in [-0.25, -0.2) is 4.39 Å². The Kier molecular flexibility index (Phi) is 10.6. The summed E-state index contributed by atoms with van der Waals surface area (Å²) in [7, 11) is 0. The number of ether oxygens (including phenoxy) is 1. The second-order valence-corrected chi connectivity index (χ2v) is 12.1. The fourth-order valence-corrected chi connectivity index (χ4v) is 6.47. The van der Waals surface area contributed by atoms with Crippen LogP contribution in [-0.4, -0.2) is 79.1 Å². The number of benzene rings is 3. The molecule has 0 aromatic heterocycles. The lowest BCUT2D eigenvalue weighted by atomic mass is 9.88. The number of hydrogen-bond donors (Lipinski definition) is 2. The van der Waals surface area contributed by atoms with Crippen LogP contribution >= 0.6 is 11.6 Å². The number of rotatable bonds is 10. The molecule has 43 heavy (non-hydrogen) atoms. The van der Waals surface area contributed by atoms with Crippen LogP contribution < -0.4 is 16.2 Å². The van der Waals surface area contributed by atoms with Crippen molar-refractivity contribution in [1.29, 1.82) is 0 Å². The van der Waals surface area contributed by atoms with E-state index in [1.807, 2.05) is 48.2 Å². The quantitative estimate of drug-likeness (QED) is 0.314. The largest absolute Gasteiger partial charge is 0.493 e. The van der Waals surface area contributed by atoms with Crippen LogP contribution in [-0.2, 0) is 17.8 Å². The number of piperazine rings is 1. The molecule has 0 aliphatic carbocycles. The maximum absolute atomic E-state index is 14.5. The highest BCUT2D eigenvalue weighted by atomic mass is 35.5. The molecular formula is C34H43ClFN5O2. The Morgan fingerprint density at radius 1 is 1.00 bits per heavy atom. The summed E-state index contributed by atoms with van der Waals surface area (Å²) in [5.74, 6) is 0.535. The van der Waals surface area contributed by atoms with Gasteiger partial charge >= 0.3 is 0 Å². The number of anilines is 1. The van der Waals surface area contributed by atoms with Crippen molar-refractivity contribution in [2.24, 2.45) is 11.7 Å². The third kappa shape index (κ3) is 7.87. The van der Waals surface area contributed by atoms with E-state index >= 15 is 0 Å². The second-order valence-electron chi connectivity index (χ2n) is 11.6. The summed E-state index contributed by atoms with van der Waals surface area (Å²) in [5.41, 5.74) is 17.3. The van der Waals surface area contributed by atoms with E-state index in [9.17, 15) is 9.18 Å². The summed E-state index contributed by atoms with van der Waals surface area (Å²) in [4.78, 5) is 19.9. The third-order valence-electron chi connectivity index (χ3n) is 8.85. The SMILES string of the molecule is CCOc1cccc(F)c1CN1CCN(C(=O)[C@H](N)C2CCN(CCc3cc(Cl)ccc3-c3ccc(N)cc3)CC2)CC1. The summed E-state index contributed by atoms with van der Waals surface area (Å²) < 4.78 is 20.2. The molecule has 0 spiro atoms. The van der Waals surface area contributed by atoms with Gasteiger partial charge < -0.3 is 26.0 Å². The molecule has 2 heterocycles. The van der Waals surface area contributed by atoms with Crippen molar-refractivity contribution in [3.05, 3.63) is 82.6 Å². The van der Waals surface area contributed by atoms with Crippen molar-refractivity contribution in [3.8, 4) is 16.9 Å². The zero-order valence-electron chi connectivity index (χ0n) is 25.0. The number of carbonyl (C=O) groups is 1. The average Bonchev–Trinajstić information content (AvgIpc) is 3.02. The summed E-state index contributed by atoms with van der Waals surface area (Å²) in [6.45, 7) is 8.16. The molecule has 9 heteroatoms. The van der Waals surface area contributed by atoms with Gasteiger partial charge in [-0.2, -0.15) is 0 Å². The highest BCUT2D eigenvalue weighted by Crippen LogP contribution is 2.29. The molecule has 0 unspecified atom stereocenters. The summed E-state index contributed by atoms with van der Waals surface area (Å²) in [6.07, 6.45) is 2.70. The predicted octanol–water partition coefficient (Wildman–Crippen LogP) is 5.05. The van der Waals surface area contributed by atoms with E-state index < -0.39 is 6.04 Å². The van der Waals surface area contributed by atoms with E-state index in [0.717, 1.165) is 55.2 Å². The maximum atomic E-state index is 14.5. The van der Waals surface area contributed by atoms with Gasteiger partial charge in [0, 0.05) is 55.5 Å². The van der Waals surface area contributed by atoms with Crippen molar-refractivity contribution in [2.45, 2.75) is 38.8 Å². The first-order valence-corrected chi connectivity index (χ1v) is 15.7. The molecule has 2 aliphatic rings. The molecule has 1 atom stereocenters. The lowest BCUT2D eigenvalue weighted by molar-refractivity contribution is -0.136. The summed E-state index contributed by atoms with van der Waals surface area (Å²) in [6, 6.07) is 18.5. The van der Waals surface area contributed by atoms with E-state index in [-0.39, 0.29) is 17.6 Å². The lowest BCUT2D eigenvalue weighted by Crippen LogP contribution is -2.55. The van der Waals surface area contributed by atoms with Gasteiger partial charge in [-0.3, -0.25) is 9.69 Å². The molecule has 0 bridgehead atoms. The summed E-state index contributed by atoms with van der Waals surface area (Å²) >= 11 is 6.36. The number of nitrogens with two attached hydrogens (primary N) is 2. The van der Waals surface area contributed by atoms with Crippen LogP contribution in [0.1, 0.15) is 30.9 Å². The number of amides is 1. The molecule has 2 fully saturated rings. The zero-order valence-corrected chi connectivity index (χ0v) is 25.7. The second kappa shape index (κ2) is 14.5. The molecule has 1 amide bonds. The van der Waals surface area contributed by atoms with Crippen LogP contribution in [0.5, 0.6) is 5.75 Å². The van der Waals surface area contributed by atoms with Crippen LogP contribution in [0.2, 0.25) is 5.02 Å². The van der Waals surface area contributed by atoms with Gasteiger partial charge in [-0.15, -0.1) is 0 Å². The molecule has 0 saturated carbocycles. The van der Waals surface area contributed by atoms with Crippen molar-refractivity contribution in [3.63, 3.8) is 0 Å². The molecule has 2 saturated heterocycles. The highest BCUT2D eigenvalue weighted by molar-refractivity contribution is 6.30.